The zero-order valence-electron chi connectivity index (χ0n) is 8.09. The third-order valence-corrected chi connectivity index (χ3v) is 1.73. The molecule has 0 atom stereocenters. The smallest absolute Gasteiger partial charge is 0.00942 e. The molecule has 0 aromatic carbocycles. The molecule has 0 aliphatic heterocycles. The maximum absolute atomic E-state index is 2.24. The second-order valence-electron chi connectivity index (χ2n) is 3.48. The Labute approximate surface area is 75.0 Å². The van der Waals surface area contributed by atoms with E-state index in [0.717, 1.165) is 6.42 Å². The minimum Gasteiger partial charge on any atom is -0.0801 e. The molecule has 0 spiro atoms. The van der Waals surface area contributed by atoms with Gasteiger partial charge in [-0.3, -0.25) is 0 Å². The standard InChI is InChI=1S/C12H16/c1-10(2)8-11(3)9-12-6-4-5-7-12/h4-6,8-9H,7H2,1-3H3. The van der Waals surface area contributed by atoms with Crippen LogP contribution in [0.3, 0.4) is 0 Å². The van der Waals surface area contributed by atoms with Crippen LogP contribution in [-0.2, 0) is 0 Å². The van der Waals surface area contributed by atoms with Crippen molar-refractivity contribution in [2.75, 3.05) is 0 Å². The highest BCUT2D eigenvalue weighted by Crippen LogP contribution is 2.14. The maximum atomic E-state index is 2.24. The van der Waals surface area contributed by atoms with Crippen molar-refractivity contribution in [3.05, 3.63) is 47.1 Å². The first-order valence-electron chi connectivity index (χ1n) is 4.37. The molecule has 0 aromatic heterocycles. The molecule has 1 aliphatic carbocycles. The number of hydrogen-bond donors (Lipinski definition) is 0. The van der Waals surface area contributed by atoms with Crippen molar-refractivity contribution in [3.63, 3.8) is 0 Å². The lowest BCUT2D eigenvalue weighted by Crippen LogP contribution is -1.75. The first-order valence-corrected chi connectivity index (χ1v) is 4.37. The SMILES string of the molecule is CC(C)=CC(C)=CC1=CC=CC1. The van der Waals surface area contributed by atoms with Gasteiger partial charge in [0.25, 0.3) is 0 Å². The minimum atomic E-state index is 1.09. The Bertz CT molecular complexity index is 268. The summed E-state index contributed by atoms with van der Waals surface area (Å²) in [4.78, 5) is 0. The molecule has 0 saturated heterocycles. The molecule has 0 fully saturated rings. The Morgan fingerprint density at radius 1 is 1.33 bits per heavy atom. The highest BCUT2D eigenvalue weighted by Gasteiger charge is 1.94. The fourth-order valence-electron chi connectivity index (χ4n) is 1.36. The van der Waals surface area contributed by atoms with Crippen molar-refractivity contribution in [1.29, 1.82) is 0 Å². The molecule has 0 bridgehead atoms. The predicted molar refractivity (Wildman–Crippen MR) is 55.0 cm³/mol. The van der Waals surface area contributed by atoms with Crippen molar-refractivity contribution in [2.45, 2.75) is 27.2 Å². The van der Waals surface area contributed by atoms with Crippen molar-refractivity contribution < 1.29 is 0 Å². The normalized spacial score (nSPS) is 16.2. The van der Waals surface area contributed by atoms with Crippen LogP contribution in [0.4, 0.5) is 0 Å². The van der Waals surface area contributed by atoms with Crippen LogP contribution in [0, 0.1) is 0 Å². The molecule has 1 rings (SSSR count). The molecule has 0 saturated carbocycles. The van der Waals surface area contributed by atoms with Crippen LogP contribution in [0.1, 0.15) is 27.2 Å². The van der Waals surface area contributed by atoms with Crippen molar-refractivity contribution in [2.24, 2.45) is 0 Å². The van der Waals surface area contributed by atoms with Gasteiger partial charge in [0, 0.05) is 0 Å². The third kappa shape index (κ3) is 2.91. The molecule has 0 nitrogen and oxygen atoms in total. The lowest BCUT2D eigenvalue weighted by molar-refractivity contribution is 1.29. The van der Waals surface area contributed by atoms with Crippen molar-refractivity contribution in [3.8, 4) is 0 Å². The van der Waals surface area contributed by atoms with E-state index in [1.54, 1.807) is 0 Å². The van der Waals surface area contributed by atoms with Gasteiger partial charge in [0.05, 0.1) is 0 Å². The first-order chi connectivity index (χ1) is 5.68. The summed E-state index contributed by atoms with van der Waals surface area (Å²) in [6.07, 6.45) is 12.0. The summed E-state index contributed by atoms with van der Waals surface area (Å²) < 4.78 is 0. The van der Waals surface area contributed by atoms with E-state index in [9.17, 15) is 0 Å². The molecule has 0 aromatic rings. The Morgan fingerprint density at radius 2 is 2.08 bits per heavy atom. The zero-order valence-corrected chi connectivity index (χ0v) is 8.09. The second-order valence-corrected chi connectivity index (χ2v) is 3.48. The zero-order chi connectivity index (χ0) is 8.97. The van der Waals surface area contributed by atoms with Crippen LogP contribution in [0.5, 0.6) is 0 Å². The van der Waals surface area contributed by atoms with Crippen LogP contribution >= 0.6 is 0 Å². The van der Waals surface area contributed by atoms with Crippen molar-refractivity contribution >= 4 is 0 Å². The summed E-state index contributed by atoms with van der Waals surface area (Å²) in [5, 5.41) is 0. The van der Waals surface area contributed by atoms with Gasteiger partial charge in [0.2, 0.25) is 0 Å². The molecule has 64 valence electrons. The monoisotopic (exact) mass is 160 g/mol. The Hall–Kier alpha value is -1.04. The topological polar surface area (TPSA) is 0 Å². The molecule has 0 N–H and O–H groups in total. The van der Waals surface area contributed by atoms with E-state index in [0.29, 0.717) is 0 Å². The molecule has 0 unspecified atom stereocenters. The number of hydrogen-bond acceptors (Lipinski definition) is 0. The van der Waals surface area contributed by atoms with E-state index in [1.165, 1.54) is 16.7 Å². The summed E-state index contributed by atoms with van der Waals surface area (Å²) in [6.45, 7) is 6.39. The van der Waals surface area contributed by atoms with E-state index >= 15 is 0 Å². The van der Waals surface area contributed by atoms with Gasteiger partial charge in [-0.15, -0.1) is 0 Å². The number of allylic oxidation sites excluding steroid dienone is 8. The van der Waals surface area contributed by atoms with Crippen LogP contribution in [0.25, 0.3) is 0 Å². The number of rotatable bonds is 2. The van der Waals surface area contributed by atoms with Crippen LogP contribution < -0.4 is 0 Å². The van der Waals surface area contributed by atoms with E-state index in [4.69, 9.17) is 0 Å². The van der Waals surface area contributed by atoms with Gasteiger partial charge < -0.3 is 0 Å². The summed E-state index contributed by atoms with van der Waals surface area (Å²) in [6, 6.07) is 0. The van der Waals surface area contributed by atoms with Gasteiger partial charge in [-0.05, 0) is 32.8 Å². The summed E-state index contributed by atoms with van der Waals surface area (Å²) in [5.74, 6) is 0. The average Bonchev–Trinajstić information content (AvgIpc) is 2.37. The first kappa shape index (κ1) is 9.05. The van der Waals surface area contributed by atoms with Crippen LogP contribution in [-0.4, -0.2) is 0 Å². The Morgan fingerprint density at radius 3 is 2.58 bits per heavy atom. The predicted octanol–water partition coefficient (Wildman–Crippen LogP) is 3.79. The highest BCUT2D eigenvalue weighted by molar-refractivity contribution is 5.36. The van der Waals surface area contributed by atoms with E-state index in [2.05, 4.69) is 51.2 Å². The second kappa shape index (κ2) is 4.10. The molecule has 12 heavy (non-hydrogen) atoms. The molecule has 0 radical (unpaired) electrons. The molecular formula is C12H16. The lowest BCUT2D eigenvalue weighted by Gasteiger charge is -1.95. The van der Waals surface area contributed by atoms with Gasteiger partial charge in [-0.2, -0.15) is 0 Å². The van der Waals surface area contributed by atoms with Crippen molar-refractivity contribution in [1.82, 2.24) is 0 Å². The molecule has 1 aliphatic rings. The van der Waals surface area contributed by atoms with E-state index in [1.807, 2.05) is 0 Å². The lowest BCUT2D eigenvalue weighted by atomic mass is 10.1. The molecule has 0 heterocycles. The maximum Gasteiger partial charge on any atom is -0.00942 e. The van der Waals surface area contributed by atoms with Gasteiger partial charge in [0.1, 0.15) is 0 Å². The minimum absolute atomic E-state index is 1.09. The van der Waals surface area contributed by atoms with Crippen LogP contribution in [0.2, 0.25) is 0 Å². The van der Waals surface area contributed by atoms with Gasteiger partial charge in [0.15, 0.2) is 0 Å². The Balaban J connectivity index is 2.63. The molecule has 0 amide bonds. The molecular weight excluding hydrogens is 144 g/mol. The van der Waals surface area contributed by atoms with Gasteiger partial charge in [-0.1, -0.05) is 41.5 Å². The summed E-state index contributed by atoms with van der Waals surface area (Å²) >= 11 is 0. The Kier molecular flexibility index (Phi) is 3.09. The fraction of sp³-hybridized carbons (Fsp3) is 0.333. The fourth-order valence-corrected chi connectivity index (χ4v) is 1.36. The van der Waals surface area contributed by atoms with Gasteiger partial charge in [-0.25, -0.2) is 0 Å². The summed E-state index contributed by atoms with van der Waals surface area (Å²) in [7, 11) is 0. The summed E-state index contributed by atoms with van der Waals surface area (Å²) in [5.41, 5.74) is 4.10. The average molecular weight is 160 g/mol. The largest absolute Gasteiger partial charge is 0.0801 e. The highest BCUT2D eigenvalue weighted by atomic mass is 14.0. The van der Waals surface area contributed by atoms with E-state index < -0.39 is 0 Å². The van der Waals surface area contributed by atoms with E-state index in [-0.39, 0.29) is 0 Å². The third-order valence-electron chi connectivity index (χ3n) is 1.73. The molecule has 0 heteroatoms. The quantitative estimate of drug-likeness (QED) is 0.539. The van der Waals surface area contributed by atoms with Crippen LogP contribution in [0.15, 0.2) is 47.1 Å². The van der Waals surface area contributed by atoms with Gasteiger partial charge >= 0.3 is 0 Å².